The molecule has 1 unspecified atom stereocenters. The van der Waals surface area contributed by atoms with Crippen LogP contribution in [-0.2, 0) is 9.59 Å². The van der Waals surface area contributed by atoms with Crippen molar-refractivity contribution < 1.29 is 19.8 Å². The number of hydrogen-bond donors (Lipinski definition) is 2. The van der Waals surface area contributed by atoms with Crippen molar-refractivity contribution in [3.8, 4) is 0 Å². The summed E-state index contributed by atoms with van der Waals surface area (Å²) in [6, 6.07) is 14.7. The highest BCUT2D eigenvalue weighted by molar-refractivity contribution is 9.10. The lowest BCUT2D eigenvalue weighted by atomic mass is 9.92. The van der Waals surface area contributed by atoms with Crippen LogP contribution in [0.4, 0.5) is 0 Å². The summed E-state index contributed by atoms with van der Waals surface area (Å²) in [7, 11) is 4.22. The first-order valence-electron chi connectivity index (χ1n) is 8.10. The molecule has 2 aromatic rings. The van der Waals surface area contributed by atoms with E-state index >= 15 is 0 Å². The number of nitrogens with zero attached hydrogens (tertiary/aromatic N) is 2. The molecular formula is C20H25BrN2O4. The molecule has 1 aromatic carbocycles. The summed E-state index contributed by atoms with van der Waals surface area (Å²) in [6.07, 6.45) is 3.78. The number of rotatable bonds is 6. The molecule has 146 valence electrons. The van der Waals surface area contributed by atoms with Gasteiger partial charge in [-0.1, -0.05) is 40.7 Å². The van der Waals surface area contributed by atoms with Crippen molar-refractivity contribution in [2.75, 3.05) is 20.6 Å². The Morgan fingerprint density at radius 2 is 1.81 bits per heavy atom. The maximum absolute atomic E-state index is 9.25. The molecule has 2 N–H and O–H groups in total. The Balaban J connectivity index is 0.000000719. The fraction of sp³-hybridized carbons (Fsp3) is 0.250. The summed E-state index contributed by atoms with van der Waals surface area (Å²) in [5.74, 6) is -0.623. The topological polar surface area (TPSA) is 90.7 Å². The highest BCUT2D eigenvalue weighted by Gasteiger charge is 2.15. The first-order chi connectivity index (χ1) is 12.8. The zero-order valence-corrected chi connectivity index (χ0v) is 17.0. The van der Waals surface area contributed by atoms with Gasteiger partial charge in [-0.3, -0.25) is 9.78 Å². The molecule has 7 heteroatoms. The minimum atomic E-state index is -0.981. The number of carboxylic acids is 1. The number of carbonyl (C=O) groups is 2. The van der Waals surface area contributed by atoms with Crippen LogP contribution in [-0.4, -0.2) is 53.2 Å². The molecule has 27 heavy (non-hydrogen) atoms. The van der Waals surface area contributed by atoms with Gasteiger partial charge in [0.1, 0.15) is 0 Å². The molecule has 0 aliphatic rings. The Bertz CT molecular complexity index is 676. The average Bonchev–Trinajstić information content (AvgIpc) is 2.65. The maximum atomic E-state index is 9.25. The predicted octanol–water partition coefficient (Wildman–Crippen LogP) is 3.89. The van der Waals surface area contributed by atoms with Gasteiger partial charge in [-0.25, -0.2) is 4.79 Å². The van der Waals surface area contributed by atoms with Gasteiger partial charge in [0.15, 0.2) is 0 Å². The van der Waals surface area contributed by atoms with Crippen LogP contribution < -0.4 is 0 Å². The van der Waals surface area contributed by atoms with Crippen LogP contribution in [0.2, 0.25) is 0 Å². The van der Waals surface area contributed by atoms with Crippen molar-refractivity contribution in [2.45, 2.75) is 12.3 Å². The van der Waals surface area contributed by atoms with E-state index < -0.39 is 5.97 Å². The highest BCUT2D eigenvalue weighted by atomic mass is 79.9. The monoisotopic (exact) mass is 436 g/mol. The van der Waals surface area contributed by atoms with E-state index in [2.05, 4.69) is 82.9 Å². The van der Waals surface area contributed by atoms with E-state index in [0.29, 0.717) is 5.92 Å². The molecule has 0 aliphatic carbocycles. The van der Waals surface area contributed by atoms with Crippen molar-refractivity contribution in [3.05, 3.63) is 77.0 Å². The first-order valence-corrected chi connectivity index (χ1v) is 8.89. The minimum Gasteiger partial charge on any atom is -0.483 e. The zero-order chi connectivity index (χ0) is 20.7. The summed E-state index contributed by atoms with van der Waals surface area (Å²) in [5, 5.41) is 14.5. The maximum Gasteiger partial charge on any atom is 0.327 e. The second-order valence-electron chi connectivity index (χ2n) is 5.60. The van der Waals surface area contributed by atoms with Crippen LogP contribution in [0.15, 0.2) is 65.8 Å². The van der Waals surface area contributed by atoms with E-state index in [1.54, 1.807) is 0 Å². The Morgan fingerprint density at radius 3 is 2.22 bits per heavy atom. The van der Waals surface area contributed by atoms with Crippen LogP contribution >= 0.6 is 15.9 Å². The molecule has 0 spiro atoms. The van der Waals surface area contributed by atoms with Gasteiger partial charge in [0.25, 0.3) is 6.47 Å². The smallest absolute Gasteiger partial charge is 0.327 e. The van der Waals surface area contributed by atoms with Gasteiger partial charge in [-0.15, -0.1) is 0 Å². The van der Waals surface area contributed by atoms with Crippen LogP contribution in [0.1, 0.15) is 23.6 Å². The van der Waals surface area contributed by atoms with E-state index in [-0.39, 0.29) is 6.47 Å². The molecule has 2 rings (SSSR count). The van der Waals surface area contributed by atoms with Gasteiger partial charge in [0, 0.05) is 28.4 Å². The van der Waals surface area contributed by atoms with E-state index in [9.17, 15) is 4.79 Å². The molecule has 0 aliphatic heterocycles. The molecule has 6 nitrogen and oxygen atoms in total. The molecule has 0 saturated heterocycles. The molecule has 0 bridgehead atoms. The summed E-state index contributed by atoms with van der Waals surface area (Å²) in [4.78, 5) is 24.4. The zero-order valence-electron chi connectivity index (χ0n) is 15.5. The quantitative estimate of drug-likeness (QED) is 0.527. The lowest BCUT2D eigenvalue weighted by Crippen LogP contribution is -2.17. The molecule has 0 radical (unpaired) electrons. The SMILES string of the molecule is C=CC(=O)O.CN(C)CCC(c1ccc(Br)cc1)c1ccccn1.O=CO. The van der Waals surface area contributed by atoms with Crippen LogP contribution in [0.5, 0.6) is 0 Å². The number of benzene rings is 1. The largest absolute Gasteiger partial charge is 0.483 e. The summed E-state index contributed by atoms with van der Waals surface area (Å²) in [5.41, 5.74) is 2.47. The fourth-order valence-corrected chi connectivity index (χ4v) is 2.41. The van der Waals surface area contributed by atoms with Crippen molar-refractivity contribution in [1.29, 1.82) is 0 Å². The van der Waals surface area contributed by atoms with E-state index in [0.717, 1.165) is 29.2 Å². The number of aromatic nitrogens is 1. The van der Waals surface area contributed by atoms with E-state index in [1.807, 2.05) is 12.3 Å². The lowest BCUT2D eigenvalue weighted by Gasteiger charge is -2.19. The number of carboxylic acid groups (broad SMARTS) is 2. The van der Waals surface area contributed by atoms with Crippen LogP contribution in [0.3, 0.4) is 0 Å². The van der Waals surface area contributed by atoms with Crippen molar-refractivity contribution in [1.82, 2.24) is 9.88 Å². The third-order valence-corrected chi connectivity index (χ3v) is 3.89. The van der Waals surface area contributed by atoms with Crippen LogP contribution in [0.25, 0.3) is 0 Å². The standard InChI is InChI=1S/C16H19BrN2.C3H4O2.CH2O2/c1-19(2)12-10-15(16-5-3-4-11-18-16)13-6-8-14(17)9-7-13;1-2-3(4)5;2-1-3/h3-9,11,15H,10,12H2,1-2H3;2H,1H2,(H,4,5);1H,(H,2,3). The number of pyridine rings is 1. The third-order valence-electron chi connectivity index (χ3n) is 3.36. The van der Waals surface area contributed by atoms with Gasteiger partial charge in [0.2, 0.25) is 0 Å². The Hall–Kier alpha value is -2.51. The van der Waals surface area contributed by atoms with Gasteiger partial charge < -0.3 is 15.1 Å². The van der Waals surface area contributed by atoms with E-state index in [1.165, 1.54) is 5.56 Å². The van der Waals surface area contributed by atoms with Crippen LogP contribution in [0, 0.1) is 0 Å². The van der Waals surface area contributed by atoms with Gasteiger partial charge in [-0.2, -0.15) is 0 Å². The molecule has 0 amide bonds. The summed E-state index contributed by atoms with van der Waals surface area (Å²) in [6.45, 7) is 3.76. The highest BCUT2D eigenvalue weighted by Crippen LogP contribution is 2.27. The molecule has 1 aromatic heterocycles. The van der Waals surface area contributed by atoms with Gasteiger partial charge in [0.05, 0.1) is 0 Å². The van der Waals surface area contributed by atoms with Gasteiger partial charge in [-0.05, 0) is 56.9 Å². The molecule has 0 saturated carbocycles. The minimum absolute atomic E-state index is 0.250. The summed E-state index contributed by atoms with van der Waals surface area (Å²) < 4.78 is 1.11. The second kappa shape index (κ2) is 14.6. The predicted molar refractivity (Wildman–Crippen MR) is 110 cm³/mol. The van der Waals surface area contributed by atoms with Crippen molar-refractivity contribution in [3.63, 3.8) is 0 Å². The number of aliphatic carboxylic acids is 1. The second-order valence-corrected chi connectivity index (χ2v) is 6.51. The van der Waals surface area contributed by atoms with E-state index in [4.69, 9.17) is 15.0 Å². The molecule has 0 fully saturated rings. The first kappa shape index (κ1) is 24.5. The Kier molecular flexibility index (Phi) is 13.3. The van der Waals surface area contributed by atoms with Crippen molar-refractivity contribution in [2.24, 2.45) is 0 Å². The average molecular weight is 437 g/mol. The van der Waals surface area contributed by atoms with Crippen molar-refractivity contribution >= 4 is 28.4 Å². The number of halogens is 1. The third kappa shape index (κ3) is 11.7. The molecular weight excluding hydrogens is 412 g/mol. The Morgan fingerprint density at radius 1 is 1.26 bits per heavy atom. The molecule has 1 atom stereocenters. The van der Waals surface area contributed by atoms with Gasteiger partial charge >= 0.3 is 5.97 Å². The fourth-order valence-electron chi connectivity index (χ4n) is 2.15. The molecule has 1 heterocycles. The number of hydrogen-bond acceptors (Lipinski definition) is 4. The normalized spacial score (nSPS) is 10.5. The lowest BCUT2D eigenvalue weighted by molar-refractivity contribution is -0.131. The summed E-state index contributed by atoms with van der Waals surface area (Å²) >= 11 is 3.49. The Labute approximate surface area is 168 Å².